The molecule has 0 aromatic rings. The minimum absolute atomic E-state index is 1.17. The van der Waals surface area contributed by atoms with Crippen molar-refractivity contribution in [3.05, 3.63) is 12.2 Å². The third-order valence-electron chi connectivity index (χ3n) is 6.70. The van der Waals surface area contributed by atoms with Crippen molar-refractivity contribution in [1.29, 1.82) is 0 Å². The molecule has 0 fully saturated rings. The van der Waals surface area contributed by atoms with Gasteiger partial charge in [0.1, 0.15) is 0 Å². The van der Waals surface area contributed by atoms with Crippen LogP contribution in [0.25, 0.3) is 0 Å². The number of hydrogen-bond donors (Lipinski definition) is 0. The summed E-state index contributed by atoms with van der Waals surface area (Å²) in [5.41, 5.74) is 1.27. The lowest BCUT2D eigenvalue weighted by atomic mass is 10.0. The van der Waals surface area contributed by atoms with Gasteiger partial charge in [-0.3, -0.25) is 0 Å². The second-order valence-corrected chi connectivity index (χ2v) is 9.94. The Morgan fingerprint density at radius 3 is 0.767 bits per heavy atom. The van der Waals surface area contributed by atoms with Gasteiger partial charge in [-0.15, -0.1) is 0 Å². The lowest BCUT2D eigenvalue weighted by Crippen LogP contribution is -1.87. The van der Waals surface area contributed by atoms with E-state index in [9.17, 15) is 0 Å². The van der Waals surface area contributed by atoms with Gasteiger partial charge in [0, 0.05) is 0 Å². The van der Waals surface area contributed by atoms with E-state index in [0.29, 0.717) is 0 Å². The molecule has 0 aromatic heterocycles. The van der Waals surface area contributed by atoms with Gasteiger partial charge in [-0.05, 0) is 25.7 Å². The van der Waals surface area contributed by atoms with Crippen LogP contribution in [0.3, 0.4) is 0 Å². The number of hydrogen-bond acceptors (Lipinski definition) is 0. The van der Waals surface area contributed by atoms with E-state index >= 15 is 0 Å². The van der Waals surface area contributed by atoms with E-state index in [1.807, 2.05) is 0 Å². The molecule has 0 nitrogen and oxygen atoms in total. The molecule has 0 aromatic carbocycles. The summed E-state index contributed by atoms with van der Waals surface area (Å²) in [6.45, 7) is 10.8. The molecule has 0 bridgehead atoms. The lowest BCUT2D eigenvalue weighted by Gasteiger charge is -2.06. The summed E-state index contributed by atoms with van der Waals surface area (Å²) in [7, 11) is 0. The summed E-state index contributed by atoms with van der Waals surface area (Å²) in [6.07, 6.45) is 36.6. The van der Waals surface area contributed by atoms with Gasteiger partial charge in [-0.25, -0.2) is 0 Å². The topological polar surface area (TPSA) is 0 Å². The maximum absolute atomic E-state index is 6.20. The summed E-state index contributed by atoms with van der Waals surface area (Å²) >= 11 is 0. The van der Waals surface area contributed by atoms with Crippen LogP contribution >= 0.6 is 0 Å². The first-order valence-electron chi connectivity index (χ1n) is 14.4. The van der Waals surface area contributed by atoms with E-state index < -0.39 is 0 Å². The highest BCUT2D eigenvalue weighted by Crippen LogP contribution is 2.17. The zero-order valence-corrected chi connectivity index (χ0v) is 21.5. The van der Waals surface area contributed by atoms with Crippen molar-refractivity contribution in [1.82, 2.24) is 0 Å². The Hall–Kier alpha value is -0.260. The fraction of sp³-hybridized carbons (Fsp3) is 0.933. The van der Waals surface area contributed by atoms with Gasteiger partial charge < -0.3 is 0 Å². The van der Waals surface area contributed by atoms with Crippen LogP contribution in [0.4, 0.5) is 0 Å². The Kier molecular flexibility index (Phi) is 26.5. The average Bonchev–Trinajstić information content (AvgIpc) is 2.75. The smallest absolute Gasteiger partial charge is 0.0317 e. The first-order chi connectivity index (χ1) is 14.8. The molecule has 179 valence electrons. The molecular formula is C30H59. The predicted octanol–water partition coefficient (Wildman–Crippen LogP) is 11.5. The third kappa shape index (κ3) is 25.8. The Labute approximate surface area is 193 Å². The molecule has 0 aliphatic rings. The van der Waals surface area contributed by atoms with Crippen molar-refractivity contribution < 1.29 is 0 Å². The van der Waals surface area contributed by atoms with E-state index in [1.54, 1.807) is 0 Å². The fourth-order valence-electron chi connectivity index (χ4n) is 4.51. The second kappa shape index (κ2) is 26.8. The Morgan fingerprint density at radius 1 is 0.333 bits per heavy atom. The van der Waals surface area contributed by atoms with E-state index in [-0.39, 0.29) is 0 Å². The van der Waals surface area contributed by atoms with Crippen molar-refractivity contribution in [2.75, 3.05) is 0 Å². The Bertz CT molecular complexity index is 316. The Balaban J connectivity index is 3.10. The first kappa shape index (κ1) is 29.7. The van der Waals surface area contributed by atoms with Crippen LogP contribution in [0.5, 0.6) is 0 Å². The molecule has 0 N–H and O–H groups in total. The van der Waals surface area contributed by atoms with Crippen LogP contribution in [0.15, 0.2) is 5.57 Å². The monoisotopic (exact) mass is 419 g/mol. The van der Waals surface area contributed by atoms with Crippen molar-refractivity contribution in [3.63, 3.8) is 0 Å². The van der Waals surface area contributed by atoms with Crippen LogP contribution in [0.2, 0.25) is 0 Å². The van der Waals surface area contributed by atoms with E-state index in [4.69, 9.17) is 6.58 Å². The quantitative estimate of drug-likeness (QED) is 0.122. The van der Waals surface area contributed by atoms with Crippen LogP contribution in [0.1, 0.15) is 181 Å². The first-order valence-corrected chi connectivity index (χ1v) is 14.4. The largest absolute Gasteiger partial charge is 0.0702 e. The lowest BCUT2D eigenvalue weighted by molar-refractivity contribution is 0.524. The molecule has 0 heteroatoms. The van der Waals surface area contributed by atoms with Gasteiger partial charge in [0.25, 0.3) is 0 Å². The zero-order chi connectivity index (χ0) is 22.0. The summed E-state index contributed by atoms with van der Waals surface area (Å²) < 4.78 is 0. The molecule has 0 aliphatic heterocycles. The highest BCUT2D eigenvalue weighted by atomic mass is 14.0. The van der Waals surface area contributed by atoms with Crippen LogP contribution in [0, 0.1) is 6.58 Å². The van der Waals surface area contributed by atoms with Gasteiger partial charge in [-0.1, -0.05) is 167 Å². The molecule has 0 saturated heterocycles. The SMILES string of the molecule is [CH]=C(CCCCCCCC)CCCCCCCCCCCCCCCCCCCC. The molecule has 0 saturated carbocycles. The molecule has 0 spiro atoms. The van der Waals surface area contributed by atoms with Gasteiger partial charge in [0.2, 0.25) is 0 Å². The normalized spacial score (nSPS) is 11.3. The molecule has 1 radical (unpaired) electrons. The van der Waals surface area contributed by atoms with Gasteiger partial charge in [0.05, 0.1) is 0 Å². The van der Waals surface area contributed by atoms with Crippen molar-refractivity contribution in [2.24, 2.45) is 0 Å². The number of allylic oxidation sites excluding steroid dienone is 1. The molecule has 0 amide bonds. The Morgan fingerprint density at radius 2 is 0.533 bits per heavy atom. The standard InChI is InChI=1S/C30H59/c1-4-6-8-10-12-13-14-15-16-17-18-19-20-21-22-23-25-27-29-30(3)28-26-24-11-9-7-5-2/h3H,4-29H2,1-2H3. The molecule has 0 unspecified atom stereocenters. The molecule has 0 atom stereocenters. The summed E-state index contributed by atoms with van der Waals surface area (Å²) in [5.74, 6) is 0. The minimum atomic E-state index is 1.17. The second-order valence-electron chi connectivity index (χ2n) is 9.94. The van der Waals surface area contributed by atoms with Gasteiger partial charge in [-0.2, -0.15) is 0 Å². The summed E-state index contributed by atoms with van der Waals surface area (Å²) in [6, 6.07) is 0. The predicted molar refractivity (Wildman–Crippen MR) is 139 cm³/mol. The number of unbranched alkanes of at least 4 members (excludes halogenated alkanes) is 22. The zero-order valence-electron chi connectivity index (χ0n) is 21.5. The summed E-state index contributed by atoms with van der Waals surface area (Å²) in [5, 5.41) is 0. The van der Waals surface area contributed by atoms with Crippen molar-refractivity contribution in [2.45, 2.75) is 181 Å². The summed E-state index contributed by atoms with van der Waals surface area (Å²) in [4.78, 5) is 0. The van der Waals surface area contributed by atoms with Crippen molar-refractivity contribution in [3.8, 4) is 0 Å². The molecule has 0 rings (SSSR count). The van der Waals surface area contributed by atoms with Crippen LogP contribution in [-0.4, -0.2) is 0 Å². The highest BCUT2D eigenvalue weighted by molar-refractivity contribution is 4.90. The van der Waals surface area contributed by atoms with Crippen molar-refractivity contribution >= 4 is 0 Å². The fourth-order valence-corrected chi connectivity index (χ4v) is 4.51. The molecular weight excluding hydrogens is 360 g/mol. The maximum atomic E-state index is 6.20. The highest BCUT2D eigenvalue weighted by Gasteiger charge is 1.98. The van der Waals surface area contributed by atoms with Gasteiger partial charge in [0.15, 0.2) is 0 Å². The minimum Gasteiger partial charge on any atom is -0.0702 e. The van der Waals surface area contributed by atoms with E-state index in [0.717, 1.165) is 0 Å². The number of rotatable bonds is 26. The van der Waals surface area contributed by atoms with Crippen LogP contribution < -0.4 is 0 Å². The molecule has 0 aliphatic carbocycles. The molecule has 0 heterocycles. The average molecular weight is 420 g/mol. The third-order valence-corrected chi connectivity index (χ3v) is 6.70. The van der Waals surface area contributed by atoms with Crippen LogP contribution in [-0.2, 0) is 0 Å². The van der Waals surface area contributed by atoms with E-state index in [1.165, 1.54) is 173 Å². The van der Waals surface area contributed by atoms with Gasteiger partial charge >= 0.3 is 0 Å². The maximum Gasteiger partial charge on any atom is -0.0317 e. The molecule has 30 heavy (non-hydrogen) atoms. The van der Waals surface area contributed by atoms with E-state index in [2.05, 4.69) is 13.8 Å².